The highest BCUT2D eigenvalue weighted by molar-refractivity contribution is 7.99. The summed E-state index contributed by atoms with van der Waals surface area (Å²) in [6.07, 6.45) is -0.439. The molecule has 0 saturated carbocycles. The molecule has 72 valence electrons. The van der Waals surface area contributed by atoms with Gasteiger partial charge in [0.25, 0.3) is 0 Å². The zero-order valence-corrected chi connectivity index (χ0v) is 8.55. The molecule has 3 heteroatoms. The molecule has 0 aliphatic carbocycles. The molecule has 0 radical (unpaired) electrons. The van der Waals surface area contributed by atoms with Crippen LogP contribution in [-0.2, 0) is 0 Å². The molecule has 0 amide bonds. The predicted octanol–water partition coefficient (Wildman–Crippen LogP) is 2.06. The van der Waals surface area contributed by atoms with Crippen molar-refractivity contribution in [3.05, 3.63) is 29.8 Å². The van der Waals surface area contributed by atoms with E-state index in [1.54, 1.807) is 11.8 Å². The van der Waals surface area contributed by atoms with Crippen LogP contribution >= 0.6 is 11.8 Å². The van der Waals surface area contributed by atoms with Gasteiger partial charge in [0.15, 0.2) is 0 Å². The number of nitrogens with two attached hydrogens (primary N) is 1. The fourth-order valence-electron chi connectivity index (χ4n) is 1.13. The van der Waals surface area contributed by atoms with E-state index in [9.17, 15) is 5.11 Å². The number of hydrogen-bond donors (Lipinski definition) is 2. The molecular weight excluding hydrogens is 182 g/mol. The van der Waals surface area contributed by atoms with E-state index in [4.69, 9.17) is 5.73 Å². The van der Waals surface area contributed by atoms with Gasteiger partial charge in [0, 0.05) is 17.0 Å². The van der Waals surface area contributed by atoms with Crippen LogP contribution in [0, 0.1) is 0 Å². The first-order valence-electron chi connectivity index (χ1n) is 4.36. The predicted molar refractivity (Wildman–Crippen MR) is 58.8 cm³/mol. The number of para-hydroxylation sites is 1. The van der Waals surface area contributed by atoms with Gasteiger partial charge in [-0.1, -0.05) is 25.1 Å². The van der Waals surface area contributed by atoms with Gasteiger partial charge in [0.05, 0.1) is 6.10 Å². The molecule has 0 saturated heterocycles. The molecule has 1 atom stereocenters. The third-order valence-electron chi connectivity index (χ3n) is 1.83. The van der Waals surface area contributed by atoms with Gasteiger partial charge >= 0.3 is 0 Å². The Balaban J connectivity index is 2.65. The van der Waals surface area contributed by atoms with E-state index in [2.05, 4.69) is 6.92 Å². The van der Waals surface area contributed by atoms with Crippen molar-refractivity contribution in [3.63, 3.8) is 0 Å². The average molecular weight is 197 g/mol. The molecular formula is C10H15NOS. The summed E-state index contributed by atoms with van der Waals surface area (Å²) in [5.41, 5.74) is 7.23. The maximum absolute atomic E-state index is 9.73. The molecule has 0 bridgehead atoms. The Morgan fingerprint density at radius 2 is 2.15 bits per heavy atom. The zero-order valence-electron chi connectivity index (χ0n) is 7.73. The van der Waals surface area contributed by atoms with Crippen molar-refractivity contribution in [2.24, 2.45) is 0 Å². The van der Waals surface area contributed by atoms with Crippen molar-refractivity contribution in [3.8, 4) is 0 Å². The van der Waals surface area contributed by atoms with Crippen LogP contribution in [0.25, 0.3) is 0 Å². The fourth-order valence-corrected chi connectivity index (χ4v) is 1.77. The Morgan fingerprint density at radius 3 is 2.77 bits per heavy atom. The van der Waals surface area contributed by atoms with E-state index in [1.165, 1.54) is 0 Å². The highest BCUT2D eigenvalue weighted by Crippen LogP contribution is 2.22. The van der Waals surface area contributed by atoms with E-state index in [-0.39, 0.29) is 0 Å². The van der Waals surface area contributed by atoms with E-state index in [1.807, 2.05) is 24.3 Å². The number of anilines is 1. The number of thioether (sulfide) groups is 1. The maximum Gasteiger partial charge on any atom is 0.0900 e. The lowest BCUT2D eigenvalue weighted by Gasteiger charge is -2.11. The molecule has 2 nitrogen and oxygen atoms in total. The topological polar surface area (TPSA) is 46.2 Å². The van der Waals surface area contributed by atoms with Crippen LogP contribution in [0.2, 0.25) is 0 Å². The van der Waals surface area contributed by atoms with Gasteiger partial charge in [-0.3, -0.25) is 0 Å². The second-order valence-electron chi connectivity index (χ2n) is 2.80. The smallest absolute Gasteiger partial charge is 0.0900 e. The zero-order chi connectivity index (χ0) is 9.68. The Hall–Kier alpha value is -0.670. The molecule has 0 heterocycles. The van der Waals surface area contributed by atoms with Crippen LogP contribution in [-0.4, -0.2) is 16.6 Å². The van der Waals surface area contributed by atoms with Crippen LogP contribution < -0.4 is 5.73 Å². The third-order valence-corrected chi connectivity index (χ3v) is 2.79. The van der Waals surface area contributed by atoms with Crippen LogP contribution in [0.1, 0.15) is 18.6 Å². The van der Waals surface area contributed by atoms with Gasteiger partial charge in [-0.25, -0.2) is 0 Å². The van der Waals surface area contributed by atoms with Gasteiger partial charge < -0.3 is 10.8 Å². The Labute approximate surface area is 83.1 Å². The second-order valence-corrected chi connectivity index (χ2v) is 4.12. The Morgan fingerprint density at radius 1 is 1.46 bits per heavy atom. The molecule has 0 aliphatic rings. The fraction of sp³-hybridized carbons (Fsp3) is 0.400. The van der Waals surface area contributed by atoms with Gasteiger partial charge in [-0.2, -0.15) is 11.8 Å². The van der Waals surface area contributed by atoms with Crippen LogP contribution in [0.3, 0.4) is 0 Å². The molecule has 1 unspecified atom stereocenters. The summed E-state index contributed by atoms with van der Waals surface area (Å²) in [4.78, 5) is 0. The minimum absolute atomic E-state index is 0.439. The molecule has 1 aromatic rings. The van der Waals surface area contributed by atoms with Crippen LogP contribution in [0.15, 0.2) is 24.3 Å². The lowest BCUT2D eigenvalue weighted by Crippen LogP contribution is -2.04. The Kier molecular flexibility index (Phi) is 4.12. The second kappa shape index (κ2) is 5.14. The highest BCUT2D eigenvalue weighted by Gasteiger charge is 2.09. The molecule has 0 spiro atoms. The molecule has 0 aliphatic heterocycles. The van der Waals surface area contributed by atoms with Crippen LogP contribution in [0.5, 0.6) is 0 Å². The first kappa shape index (κ1) is 10.4. The van der Waals surface area contributed by atoms with Gasteiger partial charge in [0.2, 0.25) is 0 Å². The number of benzene rings is 1. The summed E-state index contributed by atoms with van der Waals surface area (Å²) in [6, 6.07) is 7.45. The summed E-state index contributed by atoms with van der Waals surface area (Å²) in [5.74, 6) is 1.73. The van der Waals surface area contributed by atoms with Crippen molar-refractivity contribution in [2.45, 2.75) is 13.0 Å². The summed E-state index contributed by atoms with van der Waals surface area (Å²) in [6.45, 7) is 2.08. The highest BCUT2D eigenvalue weighted by atomic mass is 32.2. The number of aliphatic hydroxyl groups excluding tert-OH is 1. The van der Waals surface area contributed by atoms with Crippen molar-refractivity contribution >= 4 is 17.4 Å². The van der Waals surface area contributed by atoms with Crippen LogP contribution in [0.4, 0.5) is 5.69 Å². The minimum atomic E-state index is -0.439. The summed E-state index contributed by atoms with van der Waals surface area (Å²) < 4.78 is 0. The SMILES string of the molecule is CCSCC(O)c1ccccc1N. The van der Waals surface area contributed by atoms with Crippen molar-refractivity contribution in [1.29, 1.82) is 0 Å². The van der Waals surface area contributed by atoms with Crippen molar-refractivity contribution < 1.29 is 5.11 Å². The normalized spacial score (nSPS) is 12.8. The summed E-state index contributed by atoms with van der Waals surface area (Å²) in [7, 11) is 0. The monoisotopic (exact) mass is 197 g/mol. The van der Waals surface area contributed by atoms with Gasteiger partial charge in [-0.05, 0) is 11.8 Å². The van der Waals surface area contributed by atoms with E-state index < -0.39 is 6.10 Å². The van der Waals surface area contributed by atoms with Crippen molar-refractivity contribution in [2.75, 3.05) is 17.2 Å². The number of hydrogen-bond acceptors (Lipinski definition) is 3. The average Bonchev–Trinajstić information content (AvgIpc) is 2.15. The maximum atomic E-state index is 9.73. The number of aliphatic hydroxyl groups is 1. The first-order valence-corrected chi connectivity index (χ1v) is 5.51. The number of rotatable bonds is 4. The standard InChI is InChI=1S/C10H15NOS/c1-2-13-7-10(12)8-5-3-4-6-9(8)11/h3-6,10,12H,2,7,11H2,1H3. The lowest BCUT2D eigenvalue weighted by molar-refractivity contribution is 0.205. The Bertz CT molecular complexity index is 265. The van der Waals surface area contributed by atoms with Gasteiger partial charge in [-0.15, -0.1) is 0 Å². The molecule has 0 aromatic heterocycles. The summed E-state index contributed by atoms with van der Waals surface area (Å²) in [5, 5.41) is 9.73. The van der Waals surface area contributed by atoms with Crippen molar-refractivity contribution in [1.82, 2.24) is 0 Å². The van der Waals surface area contributed by atoms with E-state index in [0.717, 1.165) is 11.3 Å². The van der Waals surface area contributed by atoms with E-state index >= 15 is 0 Å². The minimum Gasteiger partial charge on any atom is -0.398 e. The van der Waals surface area contributed by atoms with Gasteiger partial charge in [0.1, 0.15) is 0 Å². The molecule has 0 fully saturated rings. The third kappa shape index (κ3) is 2.94. The molecule has 3 N–H and O–H groups in total. The number of nitrogen functional groups attached to an aromatic ring is 1. The molecule has 1 aromatic carbocycles. The van der Waals surface area contributed by atoms with E-state index in [0.29, 0.717) is 11.4 Å². The summed E-state index contributed by atoms with van der Waals surface area (Å²) >= 11 is 1.71. The molecule has 13 heavy (non-hydrogen) atoms. The quantitative estimate of drug-likeness (QED) is 0.726. The first-order chi connectivity index (χ1) is 6.25. The lowest BCUT2D eigenvalue weighted by atomic mass is 10.1. The molecule has 1 rings (SSSR count). The largest absolute Gasteiger partial charge is 0.398 e.